The number of aromatic nitrogens is 2. The number of carbonyl (C=O) groups is 1. The van der Waals surface area contributed by atoms with Crippen molar-refractivity contribution in [3.8, 4) is 5.75 Å². The lowest BCUT2D eigenvalue weighted by Crippen LogP contribution is -2.13. The number of nitrogens with one attached hydrogen (secondary N) is 1. The molecule has 3 aromatic carbocycles. The Morgan fingerprint density at radius 3 is 2.50 bits per heavy atom. The van der Waals surface area contributed by atoms with Gasteiger partial charge in [0.25, 0.3) is 5.91 Å². The van der Waals surface area contributed by atoms with Gasteiger partial charge in [-0.25, -0.2) is 4.39 Å². The van der Waals surface area contributed by atoms with E-state index in [1.807, 2.05) is 13.0 Å². The molecule has 0 atom stereocenters. The third kappa shape index (κ3) is 5.70. The molecule has 0 saturated heterocycles. The van der Waals surface area contributed by atoms with Gasteiger partial charge in [-0.2, -0.15) is 5.10 Å². The molecule has 0 radical (unpaired) electrons. The van der Waals surface area contributed by atoms with Crippen LogP contribution in [0.2, 0.25) is 15.1 Å². The summed E-state index contributed by atoms with van der Waals surface area (Å²) in [6, 6.07) is 18.3. The summed E-state index contributed by atoms with van der Waals surface area (Å²) in [5.74, 6) is 0.0572. The van der Waals surface area contributed by atoms with Crippen molar-refractivity contribution in [1.29, 1.82) is 0 Å². The van der Waals surface area contributed by atoms with Gasteiger partial charge in [-0.05, 0) is 42.8 Å². The van der Waals surface area contributed by atoms with E-state index in [9.17, 15) is 9.18 Å². The normalized spacial score (nSPS) is 10.9. The number of hydrogen-bond acceptors (Lipinski definition) is 3. The van der Waals surface area contributed by atoms with Gasteiger partial charge in [0, 0.05) is 27.9 Å². The lowest BCUT2D eigenvalue weighted by Gasteiger charge is -2.11. The van der Waals surface area contributed by atoms with E-state index in [0.29, 0.717) is 37.8 Å². The molecule has 174 valence electrons. The van der Waals surface area contributed by atoms with Gasteiger partial charge < -0.3 is 10.1 Å². The van der Waals surface area contributed by atoms with Crippen LogP contribution in [0, 0.1) is 12.7 Å². The molecule has 1 aromatic heterocycles. The highest BCUT2D eigenvalue weighted by Gasteiger charge is 2.13. The fourth-order valence-electron chi connectivity index (χ4n) is 3.33. The molecule has 9 heteroatoms. The van der Waals surface area contributed by atoms with E-state index in [0.717, 1.165) is 11.3 Å². The molecule has 0 unspecified atom stereocenters. The lowest BCUT2D eigenvalue weighted by molar-refractivity contribution is 0.102. The molecule has 4 aromatic rings. The van der Waals surface area contributed by atoms with Crippen LogP contribution in [0.25, 0.3) is 0 Å². The van der Waals surface area contributed by atoms with E-state index in [-0.39, 0.29) is 24.9 Å². The zero-order valence-corrected chi connectivity index (χ0v) is 20.3. The van der Waals surface area contributed by atoms with Crippen molar-refractivity contribution in [2.45, 2.75) is 20.1 Å². The van der Waals surface area contributed by atoms with Crippen LogP contribution in [0.1, 0.15) is 27.2 Å². The second kappa shape index (κ2) is 10.5. The van der Waals surface area contributed by atoms with Crippen LogP contribution < -0.4 is 10.1 Å². The number of halogens is 4. The van der Waals surface area contributed by atoms with E-state index < -0.39 is 0 Å². The Morgan fingerprint density at radius 2 is 1.76 bits per heavy atom. The Bertz CT molecular complexity index is 1330. The van der Waals surface area contributed by atoms with Crippen molar-refractivity contribution in [2.24, 2.45) is 0 Å². The topological polar surface area (TPSA) is 56.1 Å². The first-order valence-electron chi connectivity index (χ1n) is 10.3. The van der Waals surface area contributed by atoms with Crippen LogP contribution in [-0.2, 0) is 13.2 Å². The Balaban J connectivity index is 1.43. The number of aryl methyl sites for hydroxylation is 1. The van der Waals surface area contributed by atoms with Gasteiger partial charge in [0.05, 0.1) is 16.6 Å². The summed E-state index contributed by atoms with van der Waals surface area (Å²) in [6.45, 7) is 2.25. The maximum Gasteiger partial charge on any atom is 0.256 e. The molecule has 1 N–H and O–H groups in total. The van der Waals surface area contributed by atoms with Crippen molar-refractivity contribution in [2.75, 3.05) is 5.32 Å². The van der Waals surface area contributed by atoms with Gasteiger partial charge >= 0.3 is 0 Å². The smallest absolute Gasteiger partial charge is 0.256 e. The first-order chi connectivity index (χ1) is 16.3. The van der Waals surface area contributed by atoms with Gasteiger partial charge in [0.2, 0.25) is 0 Å². The number of benzene rings is 3. The van der Waals surface area contributed by atoms with Gasteiger partial charge in [0.1, 0.15) is 12.4 Å². The summed E-state index contributed by atoms with van der Waals surface area (Å²) in [5.41, 5.74) is 2.48. The SMILES string of the molecule is Cc1cc(NC(=O)c2cccc(COc3c(Cl)cc(Cl)cc3Cl)c2)nn1Cc1ccccc1F. The monoisotopic (exact) mass is 517 g/mol. The minimum Gasteiger partial charge on any atom is -0.486 e. The minimum absolute atomic E-state index is 0.151. The first kappa shape index (κ1) is 24.1. The van der Waals surface area contributed by atoms with Gasteiger partial charge in [-0.1, -0.05) is 65.1 Å². The number of amides is 1. The van der Waals surface area contributed by atoms with Gasteiger partial charge in [-0.3, -0.25) is 9.48 Å². The number of carbonyl (C=O) groups excluding carboxylic acids is 1. The molecule has 0 bridgehead atoms. The summed E-state index contributed by atoms with van der Waals surface area (Å²) in [5, 5.41) is 8.18. The van der Waals surface area contributed by atoms with E-state index in [1.54, 1.807) is 59.3 Å². The Labute approximate surface area is 211 Å². The predicted molar refractivity (Wildman–Crippen MR) is 133 cm³/mol. The van der Waals surface area contributed by atoms with Crippen LogP contribution in [0.5, 0.6) is 5.75 Å². The molecule has 1 heterocycles. The Kier molecular flexibility index (Phi) is 7.41. The van der Waals surface area contributed by atoms with Crippen molar-refractivity contribution in [3.63, 3.8) is 0 Å². The number of ether oxygens (including phenoxy) is 1. The van der Waals surface area contributed by atoms with Crippen LogP contribution in [-0.4, -0.2) is 15.7 Å². The van der Waals surface area contributed by atoms with E-state index in [4.69, 9.17) is 39.5 Å². The number of hydrogen-bond donors (Lipinski definition) is 1. The van der Waals surface area contributed by atoms with Crippen molar-refractivity contribution < 1.29 is 13.9 Å². The molecule has 0 aliphatic carbocycles. The van der Waals surface area contributed by atoms with E-state index in [2.05, 4.69) is 10.4 Å². The van der Waals surface area contributed by atoms with Gasteiger partial charge in [0.15, 0.2) is 11.6 Å². The van der Waals surface area contributed by atoms with Crippen molar-refractivity contribution >= 4 is 46.5 Å². The largest absolute Gasteiger partial charge is 0.486 e. The molecule has 4 rings (SSSR count). The number of nitrogens with zero attached hydrogens (tertiary/aromatic N) is 2. The van der Waals surface area contributed by atoms with Crippen molar-refractivity contribution in [3.05, 3.63) is 110 Å². The molecule has 5 nitrogen and oxygen atoms in total. The molecule has 0 aliphatic rings. The van der Waals surface area contributed by atoms with Crippen LogP contribution >= 0.6 is 34.8 Å². The van der Waals surface area contributed by atoms with Crippen molar-refractivity contribution in [1.82, 2.24) is 9.78 Å². The molecular formula is C25H19Cl3FN3O2. The molecule has 0 fully saturated rings. The summed E-state index contributed by atoms with van der Waals surface area (Å²) >= 11 is 18.2. The minimum atomic E-state index is -0.333. The highest BCUT2D eigenvalue weighted by atomic mass is 35.5. The quantitative estimate of drug-likeness (QED) is 0.282. The number of anilines is 1. The van der Waals surface area contributed by atoms with Gasteiger partial charge in [-0.15, -0.1) is 0 Å². The average molecular weight is 519 g/mol. The third-order valence-corrected chi connectivity index (χ3v) is 5.82. The van der Waals surface area contributed by atoms with Crippen LogP contribution in [0.4, 0.5) is 10.2 Å². The fraction of sp³-hybridized carbons (Fsp3) is 0.120. The maximum atomic E-state index is 14.0. The maximum absolute atomic E-state index is 14.0. The zero-order valence-electron chi connectivity index (χ0n) is 18.0. The summed E-state index contributed by atoms with van der Waals surface area (Å²) in [7, 11) is 0. The molecule has 34 heavy (non-hydrogen) atoms. The molecule has 1 amide bonds. The zero-order chi connectivity index (χ0) is 24.2. The highest BCUT2D eigenvalue weighted by molar-refractivity contribution is 6.40. The van der Waals surface area contributed by atoms with Crippen LogP contribution in [0.3, 0.4) is 0 Å². The molecular weight excluding hydrogens is 500 g/mol. The second-order valence-electron chi connectivity index (χ2n) is 7.56. The average Bonchev–Trinajstić information content (AvgIpc) is 3.13. The predicted octanol–water partition coefficient (Wildman–Crippen LogP) is 7.17. The Morgan fingerprint density at radius 1 is 1.03 bits per heavy atom. The second-order valence-corrected chi connectivity index (χ2v) is 8.81. The lowest BCUT2D eigenvalue weighted by atomic mass is 10.1. The molecule has 0 aliphatic heterocycles. The Hall–Kier alpha value is -3.06. The third-order valence-electron chi connectivity index (χ3n) is 5.04. The molecule has 0 spiro atoms. The van der Waals surface area contributed by atoms with E-state index in [1.165, 1.54) is 6.07 Å². The standard InChI is InChI=1S/C25H19Cl3FN3O2/c1-15-9-23(31-32(15)13-18-6-2-3-8-22(18)29)30-25(33)17-7-4-5-16(10-17)14-34-24-20(27)11-19(26)12-21(24)28/h2-12H,13-14H2,1H3,(H,30,31,33). The fourth-order valence-corrected chi connectivity index (χ4v) is 4.26. The number of rotatable bonds is 7. The van der Waals surface area contributed by atoms with E-state index >= 15 is 0 Å². The molecule has 0 saturated carbocycles. The summed E-state index contributed by atoms with van der Waals surface area (Å²) in [6.07, 6.45) is 0. The first-order valence-corrected chi connectivity index (χ1v) is 11.4. The van der Waals surface area contributed by atoms with Crippen LogP contribution in [0.15, 0.2) is 66.7 Å². The summed E-state index contributed by atoms with van der Waals surface area (Å²) in [4.78, 5) is 12.8. The summed E-state index contributed by atoms with van der Waals surface area (Å²) < 4.78 is 21.4. The highest BCUT2D eigenvalue weighted by Crippen LogP contribution is 2.36.